The molecule has 118 valence electrons. The lowest BCUT2D eigenvalue weighted by Crippen LogP contribution is -2.49. The number of nitrogens with one attached hydrogen (secondary N) is 1. The van der Waals surface area contributed by atoms with Gasteiger partial charge in [0.2, 0.25) is 5.91 Å². The lowest BCUT2D eigenvalue weighted by molar-refractivity contribution is -0.123. The minimum absolute atomic E-state index is 0. The molecule has 6 heteroatoms. The molecule has 0 aromatic heterocycles. The molecule has 21 heavy (non-hydrogen) atoms. The fourth-order valence-electron chi connectivity index (χ4n) is 1.78. The predicted octanol–water partition coefficient (Wildman–Crippen LogP) is 2.31. The van der Waals surface area contributed by atoms with Gasteiger partial charge in [-0.3, -0.25) is 9.59 Å². The van der Waals surface area contributed by atoms with Crippen molar-refractivity contribution in [3.05, 3.63) is 35.6 Å². The van der Waals surface area contributed by atoms with E-state index in [9.17, 15) is 14.0 Å². The summed E-state index contributed by atoms with van der Waals surface area (Å²) in [5, 5.41) is 2.76. The molecule has 0 radical (unpaired) electrons. The highest BCUT2D eigenvalue weighted by Crippen LogP contribution is 2.14. The van der Waals surface area contributed by atoms with Crippen LogP contribution in [0, 0.1) is 11.7 Å². The van der Waals surface area contributed by atoms with E-state index in [0.717, 1.165) is 0 Å². The highest BCUT2D eigenvalue weighted by atomic mass is 35.5. The van der Waals surface area contributed by atoms with Gasteiger partial charge in [-0.2, -0.15) is 0 Å². The molecule has 0 bridgehead atoms. The Morgan fingerprint density at radius 3 is 2.52 bits per heavy atom. The van der Waals surface area contributed by atoms with Gasteiger partial charge in [0.25, 0.3) is 0 Å². The average molecular weight is 317 g/mol. The van der Waals surface area contributed by atoms with Gasteiger partial charge in [-0.1, -0.05) is 19.1 Å². The van der Waals surface area contributed by atoms with Crippen molar-refractivity contribution in [2.75, 3.05) is 6.54 Å². The van der Waals surface area contributed by atoms with Crippen molar-refractivity contribution < 1.29 is 14.0 Å². The summed E-state index contributed by atoms with van der Waals surface area (Å²) in [4.78, 5) is 23.9. The Morgan fingerprint density at radius 1 is 1.38 bits per heavy atom. The Bertz CT molecular complexity index is 506. The van der Waals surface area contributed by atoms with Crippen LogP contribution in [0.2, 0.25) is 0 Å². The number of ketones is 1. The minimum Gasteiger partial charge on any atom is -0.350 e. The summed E-state index contributed by atoms with van der Waals surface area (Å²) in [6, 6.07) is 5.48. The van der Waals surface area contributed by atoms with Crippen LogP contribution < -0.4 is 11.1 Å². The first-order valence-corrected chi connectivity index (χ1v) is 6.56. The van der Waals surface area contributed by atoms with Crippen molar-refractivity contribution in [2.45, 2.75) is 32.7 Å². The van der Waals surface area contributed by atoms with Gasteiger partial charge in [0.15, 0.2) is 5.78 Å². The maximum Gasteiger partial charge on any atom is 0.221 e. The fraction of sp³-hybridized carbons (Fsp3) is 0.467. The van der Waals surface area contributed by atoms with Gasteiger partial charge in [-0.15, -0.1) is 12.4 Å². The van der Waals surface area contributed by atoms with Crippen LogP contribution in [0.25, 0.3) is 0 Å². The Labute approximate surface area is 130 Å². The number of carbonyl (C=O) groups excluding carboxylic acids is 2. The van der Waals surface area contributed by atoms with Crippen molar-refractivity contribution in [3.63, 3.8) is 0 Å². The molecule has 0 saturated carbocycles. The summed E-state index contributed by atoms with van der Waals surface area (Å²) in [5.74, 6) is -1.45. The maximum absolute atomic E-state index is 13.1. The van der Waals surface area contributed by atoms with Gasteiger partial charge < -0.3 is 11.1 Å². The summed E-state index contributed by atoms with van der Waals surface area (Å²) in [6.07, 6.45) is 0.0543. The van der Waals surface area contributed by atoms with E-state index in [2.05, 4.69) is 5.32 Å². The molecule has 0 saturated heterocycles. The molecule has 0 aliphatic heterocycles. The largest absolute Gasteiger partial charge is 0.350 e. The summed E-state index contributed by atoms with van der Waals surface area (Å²) < 4.78 is 13.1. The molecule has 1 unspecified atom stereocenters. The zero-order valence-corrected chi connectivity index (χ0v) is 13.3. The fourth-order valence-corrected chi connectivity index (χ4v) is 1.78. The van der Waals surface area contributed by atoms with Crippen molar-refractivity contribution in [2.24, 2.45) is 11.7 Å². The van der Waals surface area contributed by atoms with E-state index in [0.29, 0.717) is 6.54 Å². The summed E-state index contributed by atoms with van der Waals surface area (Å²) in [7, 11) is 0. The Hall–Kier alpha value is -1.46. The van der Waals surface area contributed by atoms with Crippen molar-refractivity contribution in [1.82, 2.24) is 5.32 Å². The smallest absolute Gasteiger partial charge is 0.221 e. The quantitative estimate of drug-likeness (QED) is 0.791. The number of Topliss-reactive ketones (excluding diaryl/α,β-unsaturated/α-hetero) is 1. The van der Waals surface area contributed by atoms with Crippen LogP contribution in [0.3, 0.4) is 0 Å². The number of hydrogen-bond acceptors (Lipinski definition) is 3. The van der Waals surface area contributed by atoms with E-state index in [1.165, 1.54) is 18.2 Å². The molecular weight excluding hydrogens is 295 g/mol. The highest BCUT2D eigenvalue weighted by Gasteiger charge is 2.23. The molecule has 3 N–H and O–H groups in total. The van der Waals surface area contributed by atoms with Gasteiger partial charge in [-0.25, -0.2) is 4.39 Å². The SMILES string of the molecule is CC(CC(=O)NC(C)(C)CN)C(=O)c1cccc(F)c1.Cl. The molecule has 1 amide bonds. The zero-order valence-electron chi connectivity index (χ0n) is 12.5. The molecule has 1 atom stereocenters. The predicted molar refractivity (Wildman–Crippen MR) is 83.0 cm³/mol. The monoisotopic (exact) mass is 316 g/mol. The highest BCUT2D eigenvalue weighted by molar-refractivity contribution is 5.99. The van der Waals surface area contributed by atoms with E-state index < -0.39 is 17.3 Å². The van der Waals surface area contributed by atoms with Crippen LogP contribution in [0.15, 0.2) is 24.3 Å². The molecule has 0 fully saturated rings. The van der Waals surface area contributed by atoms with E-state index in [1.807, 2.05) is 13.8 Å². The molecule has 0 aliphatic carbocycles. The van der Waals surface area contributed by atoms with Gasteiger partial charge in [0.1, 0.15) is 5.82 Å². The third-order valence-corrected chi connectivity index (χ3v) is 3.04. The molecule has 1 rings (SSSR count). The Morgan fingerprint density at radius 2 is 2.00 bits per heavy atom. The van der Waals surface area contributed by atoms with Crippen LogP contribution in [0.1, 0.15) is 37.6 Å². The Kier molecular flexibility index (Phi) is 7.53. The van der Waals surface area contributed by atoms with Crippen molar-refractivity contribution >= 4 is 24.1 Å². The minimum atomic E-state index is -0.509. The normalized spacial score (nSPS) is 12.2. The maximum atomic E-state index is 13.1. The number of rotatable bonds is 6. The molecule has 4 nitrogen and oxygen atoms in total. The van der Waals surface area contributed by atoms with E-state index in [4.69, 9.17) is 5.73 Å². The molecular formula is C15H22ClFN2O2. The first-order chi connectivity index (χ1) is 9.25. The lowest BCUT2D eigenvalue weighted by Gasteiger charge is -2.24. The lowest BCUT2D eigenvalue weighted by atomic mass is 9.95. The number of benzene rings is 1. The topological polar surface area (TPSA) is 72.2 Å². The summed E-state index contributed by atoms with van der Waals surface area (Å²) >= 11 is 0. The number of hydrogen-bond donors (Lipinski definition) is 2. The van der Waals surface area contributed by atoms with Gasteiger partial charge in [0.05, 0.1) is 0 Å². The third-order valence-electron chi connectivity index (χ3n) is 3.04. The molecule has 1 aromatic rings. The number of nitrogens with two attached hydrogens (primary N) is 1. The number of carbonyl (C=O) groups is 2. The van der Waals surface area contributed by atoms with E-state index >= 15 is 0 Å². The molecule has 0 aliphatic rings. The molecule has 1 aromatic carbocycles. The van der Waals surface area contributed by atoms with Crippen LogP contribution in [0.4, 0.5) is 4.39 Å². The second-order valence-corrected chi connectivity index (χ2v) is 5.62. The zero-order chi connectivity index (χ0) is 15.3. The summed E-state index contributed by atoms with van der Waals surface area (Å²) in [6.45, 7) is 5.58. The Balaban J connectivity index is 0.00000400. The second kappa shape index (κ2) is 8.10. The van der Waals surface area contributed by atoms with Crippen LogP contribution >= 0.6 is 12.4 Å². The van der Waals surface area contributed by atoms with Crippen molar-refractivity contribution in [3.8, 4) is 0 Å². The van der Waals surface area contributed by atoms with E-state index in [-0.39, 0.29) is 36.1 Å². The number of halogens is 2. The van der Waals surface area contributed by atoms with Gasteiger partial charge in [-0.05, 0) is 26.0 Å². The van der Waals surface area contributed by atoms with Crippen molar-refractivity contribution in [1.29, 1.82) is 0 Å². The first kappa shape index (κ1) is 19.5. The van der Waals surface area contributed by atoms with E-state index in [1.54, 1.807) is 13.0 Å². The van der Waals surface area contributed by atoms with Crippen LogP contribution in [-0.4, -0.2) is 23.8 Å². The van der Waals surface area contributed by atoms with Crippen LogP contribution in [-0.2, 0) is 4.79 Å². The van der Waals surface area contributed by atoms with Gasteiger partial charge >= 0.3 is 0 Å². The molecule has 0 spiro atoms. The van der Waals surface area contributed by atoms with Gasteiger partial charge in [0, 0.05) is 30.0 Å². The summed E-state index contributed by atoms with van der Waals surface area (Å²) in [5.41, 5.74) is 5.31. The molecule has 0 heterocycles. The first-order valence-electron chi connectivity index (χ1n) is 6.56. The van der Waals surface area contributed by atoms with Crippen LogP contribution in [0.5, 0.6) is 0 Å². The average Bonchev–Trinajstić information content (AvgIpc) is 2.37. The number of amides is 1. The second-order valence-electron chi connectivity index (χ2n) is 5.62. The standard InChI is InChI=1S/C15H21FN2O2.ClH/c1-10(7-13(19)18-15(2,3)9-17)14(20)11-5-4-6-12(16)8-11;/h4-6,8,10H,7,9,17H2,1-3H3,(H,18,19);1H. The third kappa shape index (κ3) is 6.23.